The third-order valence-corrected chi connectivity index (χ3v) is 6.65. The topological polar surface area (TPSA) is 88.0 Å². The maximum absolute atomic E-state index is 11.8. The second-order valence-electron chi connectivity index (χ2n) is 9.49. The number of fused-ring (bicyclic) bond motifs is 2. The number of aromatic amines is 1. The fourth-order valence-corrected chi connectivity index (χ4v) is 4.52. The van der Waals surface area contributed by atoms with Crippen molar-refractivity contribution in [2.45, 2.75) is 78.6 Å². The van der Waals surface area contributed by atoms with E-state index < -0.39 is 0 Å². The van der Waals surface area contributed by atoms with Crippen LogP contribution in [0.2, 0.25) is 0 Å². The number of pyridine rings is 2. The summed E-state index contributed by atoms with van der Waals surface area (Å²) < 4.78 is 11.8. The molecule has 0 amide bonds. The summed E-state index contributed by atoms with van der Waals surface area (Å²) in [6.07, 6.45) is 6.11. The second-order valence-corrected chi connectivity index (χ2v) is 9.49. The molecule has 1 atom stereocenters. The fourth-order valence-electron chi connectivity index (χ4n) is 4.52. The van der Waals surface area contributed by atoms with Crippen LogP contribution in [-0.4, -0.2) is 21.7 Å². The summed E-state index contributed by atoms with van der Waals surface area (Å²) in [5.41, 5.74) is 6.09. The molecule has 0 radical (unpaired) electrons. The Kier molecular flexibility index (Phi) is 5.96. The van der Waals surface area contributed by atoms with Crippen LogP contribution in [0.25, 0.3) is 5.57 Å². The van der Waals surface area contributed by atoms with Crippen molar-refractivity contribution >= 4 is 5.57 Å². The molecule has 6 heteroatoms. The van der Waals surface area contributed by atoms with Gasteiger partial charge in [0.1, 0.15) is 29.2 Å². The molecule has 5 rings (SSSR count). The molecular formula is C26H31N3O3. The van der Waals surface area contributed by atoms with Gasteiger partial charge >= 0.3 is 0 Å². The standard InChI is InChI=1S/C13H16N2O2.C13H15NO/c1-4-11-10-7-17-13(2,3)5-8(10)9(6-14)12(16)15-11;1-8-9(2)13(10-5-6-10)15-11-4-3-7-14-12(8)11/h4-5,7H2,1-3H3,(H,15,16);3-4,7,10,13H,5-6H2,1-2H3. The zero-order chi connectivity index (χ0) is 23.0. The fraction of sp³-hybridized carbons (Fsp3) is 0.500. The van der Waals surface area contributed by atoms with Crippen molar-refractivity contribution in [2.24, 2.45) is 5.92 Å². The van der Waals surface area contributed by atoms with Gasteiger partial charge in [-0.1, -0.05) is 6.92 Å². The number of hydrogen-bond donors (Lipinski definition) is 1. The molecule has 168 valence electrons. The summed E-state index contributed by atoms with van der Waals surface area (Å²) in [5, 5.41) is 9.10. The van der Waals surface area contributed by atoms with Gasteiger partial charge in [0.05, 0.1) is 12.2 Å². The summed E-state index contributed by atoms with van der Waals surface area (Å²) in [7, 11) is 0. The number of allylic oxidation sites excluding steroid dienone is 1. The van der Waals surface area contributed by atoms with Crippen LogP contribution in [-0.2, 0) is 24.2 Å². The number of nitrogens with zero attached hydrogens (tertiary/aromatic N) is 2. The van der Waals surface area contributed by atoms with Gasteiger partial charge in [-0.15, -0.1) is 0 Å². The smallest absolute Gasteiger partial charge is 0.266 e. The van der Waals surface area contributed by atoms with Crippen molar-refractivity contribution in [1.29, 1.82) is 5.26 Å². The van der Waals surface area contributed by atoms with Gasteiger partial charge in [-0.2, -0.15) is 5.26 Å². The first-order chi connectivity index (χ1) is 15.3. The zero-order valence-electron chi connectivity index (χ0n) is 19.5. The van der Waals surface area contributed by atoms with Gasteiger partial charge in [-0.05, 0) is 81.7 Å². The monoisotopic (exact) mass is 433 g/mol. The molecule has 0 bridgehead atoms. The summed E-state index contributed by atoms with van der Waals surface area (Å²) in [6.45, 7) is 10.7. The van der Waals surface area contributed by atoms with Gasteiger partial charge in [0.15, 0.2) is 0 Å². The number of nitrogens with one attached hydrogen (secondary N) is 1. The summed E-state index contributed by atoms with van der Waals surface area (Å²) in [4.78, 5) is 19.0. The molecule has 0 aromatic carbocycles. The predicted molar refractivity (Wildman–Crippen MR) is 123 cm³/mol. The van der Waals surface area contributed by atoms with E-state index in [0.717, 1.165) is 40.6 Å². The predicted octanol–water partition coefficient (Wildman–Crippen LogP) is 4.71. The molecule has 0 spiro atoms. The summed E-state index contributed by atoms with van der Waals surface area (Å²) in [6, 6.07) is 5.98. The number of ether oxygens (including phenoxy) is 2. The van der Waals surface area contributed by atoms with E-state index in [9.17, 15) is 4.79 Å². The highest BCUT2D eigenvalue weighted by atomic mass is 16.5. The first-order valence-electron chi connectivity index (χ1n) is 11.4. The van der Waals surface area contributed by atoms with Crippen molar-refractivity contribution in [2.75, 3.05) is 0 Å². The van der Waals surface area contributed by atoms with Crippen molar-refractivity contribution in [1.82, 2.24) is 9.97 Å². The average Bonchev–Trinajstić information content (AvgIpc) is 3.61. The maximum Gasteiger partial charge on any atom is 0.266 e. The van der Waals surface area contributed by atoms with Crippen LogP contribution in [0.1, 0.15) is 75.5 Å². The van der Waals surface area contributed by atoms with Crippen LogP contribution in [0, 0.1) is 17.2 Å². The van der Waals surface area contributed by atoms with Crippen LogP contribution in [0.5, 0.6) is 5.75 Å². The normalized spacial score (nSPS) is 20.8. The SMILES string of the molecule is CC1=C(C)C(C2CC2)Oc2cccnc21.CCc1[nH]c(=O)c(C#N)c2c1COC(C)(C)C2. The largest absolute Gasteiger partial charge is 0.484 e. The first-order valence-corrected chi connectivity index (χ1v) is 11.4. The first kappa shape index (κ1) is 22.3. The van der Waals surface area contributed by atoms with Crippen LogP contribution in [0.4, 0.5) is 0 Å². The molecule has 3 aliphatic rings. The number of aryl methyl sites for hydroxylation is 1. The number of rotatable bonds is 2. The van der Waals surface area contributed by atoms with E-state index in [4.69, 9.17) is 14.7 Å². The van der Waals surface area contributed by atoms with Gasteiger partial charge in [-0.25, -0.2) is 0 Å². The molecule has 4 heterocycles. The Hall–Kier alpha value is -2.91. The van der Waals surface area contributed by atoms with Crippen LogP contribution < -0.4 is 10.3 Å². The van der Waals surface area contributed by atoms with E-state index in [-0.39, 0.29) is 16.7 Å². The van der Waals surface area contributed by atoms with Crippen molar-refractivity contribution in [3.8, 4) is 11.8 Å². The number of H-pyrrole nitrogens is 1. The van der Waals surface area contributed by atoms with E-state index in [0.29, 0.717) is 19.1 Å². The zero-order valence-corrected chi connectivity index (χ0v) is 19.5. The Morgan fingerprint density at radius 2 is 2.03 bits per heavy atom. The van der Waals surface area contributed by atoms with E-state index >= 15 is 0 Å². The molecule has 6 nitrogen and oxygen atoms in total. The lowest BCUT2D eigenvalue weighted by molar-refractivity contribution is -0.0407. The lowest BCUT2D eigenvalue weighted by Crippen LogP contribution is -2.35. The molecule has 2 aliphatic heterocycles. The van der Waals surface area contributed by atoms with Crippen LogP contribution >= 0.6 is 0 Å². The van der Waals surface area contributed by atoms with E-state index in [2.05, 4.69) is 23.8 Å². The van der Waals surface area contributed by atoms with E-state index in [1.165, 1.54) is 24.0 Å². The highest BCUT2D eigenvalue weighted by Crippen LogP contribution is 2.43. The second kappa shape index (κ2) is 8.55. The molecule has 1 aliphatic carbocycles. The highest BCUT2D eigenvalue weighted by molar-refractivity contribution is 5.71. The van der Waals surface area contributed by atoms with E-state index in [1.54, 1.807) is 0 Å². The molecule has 1 saturated carbocycles. The van der Waals surface area contributed by atoms with Gasteiger partial charge in [0.25, 0.3) is 5.56 Å². The van der Waals surface area contributed by atoms with Crippen LogP contribution in [0.15, 0.2) is 28.7 Å². The summed E-state index contributed by atoms with van der Waals surface area (Å²) >= 11 is 0. The maximum atomic E-state index is 11.8. The third-order valence-electron chi connectivity index (χ3n) is 6.65. The average molecular weight is 434 g/mol. The number of hydrogen-bond acceptors (Lipinski definition) is 5. The lowest BCUT2D eigenvalue weighted by Gasteiger charge is -2.33. The van der Waals surface area contributed by atoms with Gasteiger partial charge in [-0.3, -0.25) is 9.78 Å². The molecule has 0 saturated heterocycles. The lowest BCUT2D eigenvalue weighted by atomic mass is 9.88. The molecule has 2 aromatic rings. The van der Waals surface area contributed by atoms with Crippen LogP contribution in [0.3, 0.4) is 0 Å². The van der Waals surface area contributed by atoms with E-state index in [1.807, 2.05) is 45.2 Å². The Bertz CT molecular complexity index is 1170. The Morgan fingerprint density at radius 3 is 2.69 bits per heavy atom. The van der Waals surface area contributed by atoms with Crippen molar-refractivity contribution < 1.29 is 9.47 Å². The minimum Gasteiger partial charge on any atom is -0.484 e. The molecule has 1 fully saturated rings. The van der Waals surface area contributed by atoms with Crippen molar-refractivity contribution in [3.63, 3.8) is 0 Å². The highest BCUT2D eigenvalue weighted by Gasteiger charge is 2.37. The number of nitriles is 1. The molecule has 2 aromatic heterocycles. The Balaban J connectivity index is 0.000000154. The Labute approximate surface area is 189 Å². The minimum absolute atomic E-state index is 0.244. The van der Waals surface area contributed by atoms with Gasteiger partial charge in [0.2, 0.25) is 0 Å². The molecule has 1 N–H and O–H groups in total. The Morgan fingerprint density at radius 1 is 1.28 bits per heavy atom. The molecule has 1 unspecified atom stereocenters. The third kappa shape index (κ3) is 4.22. The molecule has 32 heavy (non-hydrogen) atoms. The molecular weight excluding hydrogens is 402 g/mol. The number of aromatic nitrogens is 2. The minimum atomic E-state index is -0.308. The van der Waals surface area contributed by atoms with Gasteiger partial charge in [0, 0.05) is 23.9 Å². The van der Waals surface area contributed by atoms with Crippen molar-refractivity contribution in [3.05, 3.63) is 62.3 Å². The summed E-state index contributed by atoms with van der Waals surface area (Å²) in [5.74, 6) is 1.70. The quantitative estimate of drug-likeness (QED) is 0.741. The van der Waals surface area contributed by atoms with Gasteiger partial charge < -0.3 is 14.5 Å².